The maximum Gasteiger partial charge on any atom is 0.164 e. The van der Waals surface area contributed by atoms with E-state index in [4.69, 9.17) is 23.8 Å². The number of furan rings is 2. The van der Waals surface area contributed by atoms with Gasteiger partial charge in [-0.3, -0.25) is 0 Å². The van der Waals surface area contributed by atoms with Crippen molar-refractivity contribution in [3.63, 3.8) is 0 Å². The second kappa shape index (κ2) is 10.5. The molecule has 0 aliphatic rings. The number of rotatable bonds is 4. The lowest BCUT2D eigenvalue weighted by Gasteiger charge is -2.11. The SMILES string of the molecule is c1ccc(-c2ccc3c(c2)cc(-c2nc(-c4ccccc4)nc(-c4ccc5oc6ccccc6c5c4)n2)c2c4ccccc4oc32)cc1. The standard InChI is InChI=1S/C43H25N3O2/c1-3-11-26(12-4-1)28-19-21-31-30(23-28)25-35(39-33-16-8-10-18-37(33)48-40(31)39)43-45-41(27-13-5-2-6-14-27)44-42(46-43)29-20-22-38-34(24-29)32-15-7-9-17-36(32)47-38/h1-25H. The van der Waals surface area contributed by atoms with Gasteiger partial charge in [0.15, 0.2) is 17.5 Å². The first-order valence-corrected chi connectivity index (χ1v) is 15.9. The highest BCUT2D eigenvalue weighted by Crippen LogP contribution is 2.42. The van der Waals surface area contributed by atoms with Gasteiger partial charge in [0.05, 0.1) is 0 Å². The van der Waals surface area contributed by atoms with Gasteiger partial charge in [-0.05, 0) is 65.0 Å². The third-order valence-electron chi connectivity index (χ3n) is 9.11. The Balaban J connectivity index is 1.27. The van der Waals surface area contributed by atoms with Crippen LogP contribution in [-0.2, 0) is 0 Å². The van der Waals surface area contributed by atoms with Gasteiger partial charge >= 0.3 is 0 Å². The quantitative estimate of drug-likeness (QED) is 0.197. The zero-order chi connectivity index (χ0) is 31.6. The van der Waals surface area contributed by atoms with Gasteiger partial charge in [-0.15, -0.1) is 0 Å². The van der Waals surface area contributed by atoms with E-state index in [-0.39, 0.29) is 0 Å². The zero-order valence-electron chi connectivity index (χ0n) is 25.6. The van der Waals surface area contributed by atoms with Crippen molar-refractivity contribution >= 4 is 54.6 Å². The van der Waals surface area contributed by atoms with Gasteiger partial charge in [-0.2, -0.15) is 0 Å². The molecule has 5 nitrogen and oxygen atoms in total. The van der Waals surface area contributed by atoms with Crippen LogP contribution in [0.25, 0.3) is 99.9 Å². The smallest absolute Gasteiger partial charge is 0.164 e. The van der Waals surface area contributed by atoms with Crippen molar-refractivity contribution in [2.75, 3.05) is 0 Å². The summed E-state index contributed by atoms with van der Waals surface area (Å²) in [6, 6.07) is 51.6. The molecule has 0 bridgehead atoms. The molecule has 224 valence electrons. The van der Waals surface area contributed by atoms with E-state index in [1.807, 2.05) is 84.9 Å². The van der Waals surface area contributed by atoms with Crippen LogP contribution in [0.3, 0.4) is 0 Å². The Morgan fingerprint density at radius 1 is 0.354 bits per heavy atom. The van der Waals surface area contributed by atoms with E-state index in [1.165, 1.54) is 0 Å². The summed E-state index contributed by atoms with van der Waals surface area (Å²) >= 11 is 0. The maximum atomic E-state index is 6.60. The molecular weight excluding hydrogens is 590 g/mol. The van der Waals surface area contributed by atoms with Gasteiger partial charge in [0, 0.05) is 43.6 Å². The van der Waals surface area contributed by atoms with E-state index in [0.29, 0.717) is 17.5 Å². The lowest BCUT2D eigenvalue weighted by atomic mass is 9.96. The largest absolute Gasteiger partial charge is 0.456 e. The first-order valence-electron chi connectivity index (χ1n) is 15.9. The fourth-order valence-electron chi connectivity index (χ4n) is 6.81. The van der Waals surface area contributed by atoms with Crippen LogP contribution in [0.15, 0.2) is 160 Å². The number of hydrogen-bond donors (Lipinski definition) is 0. The van der Waals surface area contributed by atoms with Crippen molar-refractivity contribution < 1.29 is 8.83 Å². The van der Waals surface area contributed by atoms with Crippen LogP contribution >= 0.6 is 0 Å². The van der Waals surface area contributed by atoms with Crippen LogP contribution in [0.5, 0.6) is 0 Å². The molecule has 5 heteroatoms. The molecule has 0 spiro atoms. The number of benzene rings is 7. The van der Waals surface area contributed by atoms with E-state index >= 15 is 0 Å². The third-order valence-corrected chi connectivity index (χ3v) is 9.11. The Hall–Kier alpha value is -6.59. The molecule has 7 aromatic carbocycles. The molecule has 3 heterocycles. The minimum Gasteiger partial charge on any atom is -0.456 e. The molecular formula is C43H25N3O2. The monoisotopic (exact) mass is 615 g/mol. The van der Waals surface area contributed by atoms with Crippen molar-refractivity contribution in [2.45, 2.75) is 0 Å². The fraction of sp³-hybridized carbons (Fsp3) is 0. The van der Waals surface area contributed by atoms with Gasteiger partial charge in [0.2, 0.25) is 0 Å². The predicted molar refractivity (Wildman–Crippen MR) is 194 cm³/mol. The molecule has 3 aromatic heterocycles. The predicted octanol–water partition coefficient (Wildman–Crippen LogP) is 11.5. The van der Waals surface area contributed by atoms with Crippen molar-refractivity contribution in [1.29, 1.82) is 0 Å². The summed E-state index contributed by atoms with van der Waals surface area (Å²) < 4.78 is 12.7. The normalized spacial score (nSPS) is 11.8. The lowest BCUT2D eigenvalue weighted by Crippen LogP contribution is -2.00. The minimum absolute atomic E-state index is 0.583. The number of hydrogen-bond acceptors (Lipinski definition) is 5. The van der Waals surface area contributed by atoms with Gasteiger partial charge in [0.1, 0.15) is 22.3 Å². The highest BCUT2D eigenvalue weighted by Gasteiger charge is 2.21. The summed E-state index contributed by atoms with van der Waals surface area (Å²) in [4.78, 5) is 15.4. The first-order chi connectivity index (χ1) is 23.8. The average Bonchev–Trinajstić information content (AvgIpc) is 3.73. The van der Waals surface area contributed by atoms with Crippen LogP contribution in [0.4, 0.5) is 0 Å². The molecule has 0 aliphatic heterocycles. The molecule has 0 atom stereocenters. The van der Waals surface area contributed by atoms with Crippen LogP contribution in [-0.4, -0.2) is 15.0 Å². The Labute approximate surface area is 274 Å². The Morgan fingerprint density at radius 3 is 1.75 bits per heavy atom. The Bertz CT molecular complexity index is 2840. The van der Waals surface area contributed by atoms with Crippen LogP contribution in [0.2, 0.25) is 0 Å². The molecule has 0 fully saturated rings. The number of para-hydroxylation sites is 2. The molecule has 10 rings (SSSR count). The molecule has 0 N–H and O–H groups in total. The minimum atomic E-state index is 0.583. The highest BCUT2D eigenvalue weighted by atomic mass is 16.3. The van der Waals surface area contributed by atoms with Crippen molar-refractivity contribution in [2.24, 2.45) is 0 Å². The second-order valence-corrected chi connectivity index (χ2v) is 12.0. The summed E-state index contributed by atoms with van der Waals surface area (Å²) in [6.07, 6.45) is 0. The molecule has 48 heavy (non-hydrogen) atoms. The van der Waals surface area contributed by atoms with E-state index < -0.39 is 0 Å². The fourth-order valence-corrected chi connectivity index (χ4v) is 6.81. The van der Waals surface area contributed by atoms with Crippen LogP contribution in [0.1, 0.15) is 0 Å². The van der Waals surface area contributed by atoms with E-state index in [0.717, 1.165) is 82.5 Å². The van der Waals surface area contributed by atoms with Crippen molar-refractivity contribution in [3.8, 4) is 45.3 Å². The maximum absolute atomic E-state index is 6.60. The van der Waals surface area contributed by atoms with Crippen molar-refractivity contribution in [1.82, 2.24) is 15.0 Å². The third kappa shape index (κ3) is 4.22. The van der Waals surface area contributed by atoms with Crippen LogP contribution in [0, 0.1) is 0 Å². The number of aromatic nitrogens is 3. The highest BCUT2D eigenvalue weighted by molar-refractivity contribution is 6.21. The van der Waals surface area contributed by atoms with Gasteiger partial charge < -0.3 is 8.83 Å². The van der Waals surface area contributed by atoms with Gasteiger partial charge in [-0.25, -0.2) is 15.0 Å². The molecule has 0 aliphatic carbocycles. The number of fused-ring (bicyclic) bond motifs is 8. The molecule has 0 unspecified atom stereocenters. The van der Waals surface area contributed by atoms with Crippen molar-refractivity contribution in [3.05, 3.63) is 152 Å². The average molecular weight is 616 g/mol. The molecule has 0 radical (unpaired) electrons. The molecule has 0 saturated carbocycles. The molecule has 10 aromatic rings. The Morgan fingerprint density at radius 2 is 0.958 bits per heavy atom. The van der Waals surface area contributed by atoms with E-state index in [2.05, 4.69) is 66.7 Å². The second-order valence-electron chi connectivity index (χ2n) is 12.0. The summed E-state index contributed by atoms with van der Waals surface area (Å²) in [6.45, 7) is 0. The van der Waals surface area contributed by atoms with Gasteiger partial charge in [-0.1, -0.05) is 103 Å². The summed E-state index contributed by atoms with van der Waals surface area (Å²) in [5, 5.41) is 6.17. The topological polar surface area (TPSA) is 65.0 Å². The number of nitrogens with zero attached hydrogens (tertiary/aromatic N) is 3. The summed E-state index contributed by atoms with van der Waals surface area (Å²) in [5.41, 5.74) is 8.30. The Kier molecular flexibility index (Phi) is 5.81. The van der Waals surface area contributed by atoms with E-state index in [9.17, 15) is 0 Å². The zero-order valence-corrected chi connectivity index (χ0v) is 25.6. The lowest BCUT2D eigenvalue weighted by molar-refractivity contribution is 0.669. The first kappa shape index (κ1) is 26.6. The summed E-state index contributed by atoms with van der Waals surface area (Å²) in [5.74, 6) is 1.77. The molecule has 0 saturated heterocycles. The van der Waals surface area contributed by atoms with Gasteiger partial charge in [0.25, 0.3) is 0 Å². The summed E-state index contributed by atoms with van der Waals surface area (Å²) in [7, 11) is 0. The molecule has 0 amide bonds. The van der Waals surface area contributed by atoms with E-state index in [1.54, 1.807) is 0 Å². The van der Waals surface area contributed by atoms with Crippen LogP contribution < -0.4 is 0 Å².